The molecule has 2 aromatic rings. The summed E-state index contributed by atoms with van der Waals surface area (Å²) in [7, 11) is 3.95. The first kappa shape index (κ1) is 18.4. The summed E-state index contributed by atoms with van der Waals surface area (Å²) in [5.41, 5.74) is -0.110. The maximum atomic E-state index is 12.6. The number of carbonyl (C=O) groups excluding carboxylic acids is 1. The van der Waals surface area contributed by atoms with Crippen molar-refractivity contribution >= 4 is 17.5 Å². The Labute approximate surface area is 163 Å². The Morgan fingerprint density at radius 2 is 1.71 bits per heavy atom. The Morgan fingerprint density at radius 1 is 1.04 bits per heavy atom. The number of hydrogen-bond acceptors (Lipinski definition) is 7. The zero-order valence-corrected chi connectivity index (χ0v) is 16.2. The number of aromatic amines is 1. The fraction of sp³-hybridized carbons (Fsp3) is 0.526. The van der Waals surface area contributed by atoms with E-state index in [0.29, 0.717) is 25.2 Å². The van der Waals surface area contributed by atoms with Gasteiger partial charge in [0.25, 0.3) is 11.5 Å². The third kappa shape index (κ3) is 3.83. The second-order valence-corrected chi connectivity index (χ2v) is 7.59. The lowest BCUT2D eigenvalue weighted by atomic mass is 10.0. The van der Waals surface area contributed by atoms with Crippen LogP contribution in [0.25, 0.3) is 0 Å². The molecule has 1 aliphatic heterocycles. The van der Waals surface area contributed by atoms with Gasteiger partial charge in [0.15, 0.2) is 0 Å². The molecule has 2 aliphatic rings. The van der Waals surface area contributed by atoms with Crippen LogP contribution in [0.2, 0.25) is 0 Å². The Bertz CT molecular complexity index is 901. The monoisotopic (exact) mass is 383 g/mol. The fourth-order valence-electron chi connectivity index (χ4n) is 3.74. The quantitative estimate of drug-likeness (QED) is 0.819. The molecule has 2 fully saturated rings. The molecule has 1 amide bonds. The minimum absolute atomic E-state index is 0.181. The molecule has 1 N–H and O–H groups in total. The lowest BCUT2D eigenvalue weighted by Gasteiger charge is -2.39. The number of carbonyl (C=O) groups is 1. The van der Waals surface area contributed by atoms with Crippen molar-refractivity contribution in [2.24, 2.45) is 0 Å². The molecular formula is C19H25N7O2. The lowest BCUT2D eigenvalue weighted by Crippen LogP contribution is -2.48. The first-order chi connectivity index (χ1) is 13.5. The van der Waals surface area contributed by atoms with Gasteiger partial charge in [-0.2, -0.15) is 0 Å². The topological polar surface area (TPSA) is 98.3 Å². The molecule has 1 aliphatic carbocycles. The first-order valence-electron chi connectivity index (χ1n) is 9.64. The van der Waals surface area contributed by atoms with E-state index in [2.05, 4.69) is 24.8 Å². The Morgan fingerprint density at radius 3 is 2.36 bits per heavy atom. The fourth-order valence-corrected chi connectivity index (χ4v) is 3.74. The number of amides is 1. The number of aromatic nitrogens is 4. The zero-order valence-electron chi connectivity index (χ0n) is 16.2. The third-order valence-corrected chi connectivity index (χ3v) is 5.34. The molecule has 28 heavy (non-hydrogen) atoms. The summed E-state index contributed by atoms with van der Waals surface area (Å²) in [5.74, 6) is 1.67. The third-order valence-electron chi connectivity index (χ3n) is 5.34. The predicted octanol–water partition coefficient (Wildman–Crippen LogP) is 0.900. The average molecular weight is 383 g/mol. The largest absolute Gasteiger partial charge is 0.363 e. The van der Waals surface area contributed by atoms with Gasteiger partial charge in [-0.05, 0) is 25.7 Å². The van der Waals surface area contributed by atoms with Crippen molar-refractivity contribution in [2.75, 3.05) is 37.0 Å². The van der Waals surface area contributed by atoms with Gasteiger partial charge in [-0.1, -0.05) is 0 Å². The molecule has 148 valence electrons. The van der Waals surface area contributed by atoms with Crippen molar-refractivity contribution in [2.45, 2.75) is 37.8 Å². The lowest BCUT2D eigenvalue weighted by molar-refractivity contribution is 0.0705. The molecule has 0 aromatic carbocycles. The van der Waals surface area contributed by atoms with Gasteiger partial charge >= 0.3 is 0 Å². The molecule has 9 heteroatoms. The summed E-state index contributed by atoms with van der Waals surface area (Å²) in [6.07, 6.45) is 6.99. The second-order valence-electron chi connectivity index (χ2n) is 7.59. The van der Waals surface area contributed by atoms with E-state index in [0.717, 1.165) is 24.5 Å². The van der Waals surface area contributed by atoms with E-state index in [1.807, 2.05) is 25.1 Å². The molecule has 1 saturated carbocycles. The van der Waals surface area contributed by atoms with Crippen LogP contribution in [0.15, 0.2) is 29.6 Å². The summed E-state index contributed by atoms with van der Waals surface area (Å²) in [4.78, 5) is 45.6. The van der Waals surface area contributed by atoms with Crippen LogP contribution in [-0.2, 0) is 0 Å². The van der Waals surface area contributed by atoms with Crippen molar-refractivity contribution < 1.29 is 4.79 Å². The number of likely N-dealkylation sites (tertiary alicyclic amines) is 1. The molecule has 4 rings (SSSR count). The van der Waals surface area contributed by atoms with Gasteiger partial charge in [-0.3, -0.25) is 9.59 Å². The van der Waals surface area contributed by atoms with Gasteiger partial charge < -0.3 is 19.7 Å². The van der Waals surface area contributed by atoms with E-state index in [4.69, 9.17) is 0 Å². The number of rotatable bonds is 5. The zero-order chi connectivity index (χ0) is 19.7. The number of nitrogens with zero attached hydrogens (tertiary/aromatic N) is 6. The SMILES string of the molecule is CN(C)c1cc(N(C2CC2)C2CCN(C(=O)c3cc(=O)[nH]cn3)CC2)ncn1. The minimum Gasteiger partial charge on any atom is -0.363 e. The van der Waals surface area contributed by atoms with Gasteiger partial charge in [0.2, 0.25) is 0 Å². The molecule has 3 heterocycles. The van der Waals surface area contributed by atoms with Crippen molar-refractivity contribution in [3.8, 4) is 0 Å². The predicted molar refractivity (Wildman–Crippen MR) is 106 cm³/mol. The smallest absolute Gasteiger partial charge is 0.272 e. The van der Waals surface area contributed by atoms with Gasteiger partial charge in [0.1, 0.15) is 23.7 Å². The summed E-state index contributed by atoms with van der Waals surface area (Å²) >= 11 is 0. The number of hydrogen-bond donors (Lipinski definition) is 1. The van der Waals surface area contributed by atoms with Crippen LogP contribution in [0.4, 0.5) is 11.6 Å². The van der Waals surface area contributed by atoms with Crippen molar-refractivity contribution in [3.05, 3.63) is 40.8 Å². The van der Waals surface area contributed by atoms with Crippen LogP contribution >= 0.6 is 0 Å². The van der Waals surface area contributed by atoms with Gasteiger partial charge in [0.05, 0.1) is 6.33 Å². The molecular weight excluding hydrogens is 358 g/mol. The number of nitrogens with one attached hydrogen (secondary N) is 1. The minimum atomic E-state index is -0.311. The van der Waals surface area contributed by atoms with E-state index < -0.39 is 0 Å². The van der Waals surface area contributed by atoms with E-state index in [-0.39, 0.29) is 17.2 Å². The number of anilines is 2. The highest BCUT2D eigenvalue weighted by Crippen LogP contribution is 2.36. The second kappa shape index (κ2) is 7.57. The summed E-state index contributed by atoms with van der Waals surface area (Å²) < 4.78 is 0. The standard InChI is InChI=1S/C19H25N7O2/c1-24(2)16-10-17(22-12-21-16)26(13-3-4-13)14-5-7-25(8-6-14)19(28)15-9-18(27)23-11-20-15/h9-14H,3-8H2,1-2H3,(H,20,23,27). The van der Waals surface area contributed by atoms with Crippen molar-refractivity contribution in [3.63, 3.8) is 0 Å². The van der Waals surface area contributed by atoms with Crippen LogP contribution in [0.1, 0.15) is 36.2 Å². The molecule has 0 bridgehead atoms. The van der Waals surface area contributed by atoms with Gasteiger partial charge in [0, 0.05) is 51.4 Å². The number of H-pyrrole nitrogens is 1. The molecule has 2 aromatic heterocycles. The van der Waals surface area contributed by atoms with E-state index in [1.165, 1.54) is 25.2 Å². The van der Waals surface area contributed by atoms with Crippen LogP contribution in [0, 0.1) is 0 Å². The highest BCUT2D eigenvalue weighted by Gasteiger charge is 2.37. The first-order valence-corrected chi connectivity index (χ1v) is 9.64. The van der Waals surface area contributed by atoms with Gasteiger partial charge in [-0.25, -0.2) is 15.0 Å². The Kier molecular flexibility index (Phi) is 4.97. The molecule has 0 unspecified atom stereocenters. The number of piperidine rings is 1. The molecule has 1 saturated heterocycles. The highest BCUT2D eigenvalue weighted by molar-refractivity contribution is 5.92. The highest BCUT2D eigenvalue weighted by atomic mass is 16.2. The van der Waals surface area contributed by atoms with Crippen molar-refractivity contribution in [1.82, 2.24) is 24.8 Å². The van der Waals surface area contributed by atoms with Gasteiger partial charge in [-0.15, -0.1) is 0 Å². The summed E-state index contributed by atoms with van der Waals surface area (Å²) in [6.45, 7) is 1.29. The molecule has 9 nitrogen and oxygen atoms in total. The average Bonchev–Trinajstić information content (AvgIpc) is 3.53. The van der Waals surface area contributed by atoms with E-state index in [9.17, 15) is 9.59 Å². The summed E-state index contributed by atoms with van der Waals surface area (Å²) in [5, 5.41) is 0. The van der Waals surface area contributed by atoms with Crippen LogP contribution in [-0.4, -0.2) is 70.0 Å². The van der Waals surface area contributed by atoms with Crippen LogP contribution < -0.4 is 15.4 Å². The maximum Gasteiger partial charge on any atom is 0.272 e. The van der Waals surface area contributed by atoms with Crippen molar-refractivity contribution in [1.29, 1.82) is 0 Å². The summed E-state index contributed by atoms with van der Waals surface area (Å²) in [6, 6.07) is 4.16. The van der Waals surface area contributed by atoms with Crippen LogP contribution in [0.5, 0.6) is 0 Å². The maximum absolute atomic E-state index is 12.6. The van der Waals surface area contributed by atoms with Crippen LogP contribution in [0.3, 0.4) is 0 Å². The van der Waals surface area contributed by atoms with E-state index in [1.54, 1.807) is 11.2 Å². The Hall–Kier alpha value is -2.97. The normalized spacial score (nSPS) is 17.4. The Balaban J connectivity index is 1.46. The molecule has 0 radical (unpaired) electrons. The van der Waals surface area contributed by atoms with E-state index >= 15 is 0 Å². The molecule has 0 atom stereocenters. The molecule has 0 spiro atoms.